The zero-order valence-corrected chi connectivity index (χ0v) is 18.8. The van der Waals surface area contributed by atoms with Gasteiger partial charge in [0.1, 0.15) is 0 Å². The van der Waals surface area contributed by atoms with Crippen molar-refractivity contribution in [2.45, 2.75) is 26.7 Å². The number of nitrogens with one attached hydrogen (secondary N) is 2. The van der Waals surface area contributed by atoms with E-state index in [1.807, 2.05) is 25.1 Å². The monoisotopic (exact) mass is 490 g/mol. The Balaban J connectivity index is 0.00000338. The Morgan fingerprint density at radius 3 is 2.69 bits per heavy atom. The third-order valence-electron chi connectivity index (χ3n) is 3.53. The van der Waals surface area contributed by atoms with Gasteiger partial charge in [-0.25, -0.2) is 4.98 Å². The number of hydrogen-bond acceptors (Lipinski definition) is 5. The first-order valence-electron chi connectivity index (χ1n) is 8.41. The number of anilines is 1. The molecule has 1 heterocycles. The Bertz CT molecular complexity index is 706. The average Bonchev–Trinajstić information content (AvgIpc) is 3.09. The number of hydrogen-bond donors (Lipinski definition) is 2. The molecule has 0 amide bonds. The van der Waals surface area contributed by atoms with Crippen molar-refractivity contribution in [1.82, 2.24) is 10.3 Å². The molecule has 0 aliphatic carbocycles. The molecule has 0 spiro atoms. The number of nitrogens with zero attached hydrogens (tertiary/aromatic N) is 2. The summed E-state index contributed by atoms with van der Waals surface area (Å²) in [5.41, 5.74) is 2.01. The molecule has 0 saturated carbocycles. The molecular formula is C18H27IN4O2S. The molecule has 0 fully saturated rings. The molecule has 6 nitrogen and oxygen atoms in total. The first-order valence-corrected chi connectivity index (χ1v) is 9.29. The van der Waals surface area contributed by atoms with Crippen molar-refractivity contribution < 1.29 is 9.47 Å². The molecule has 1 aromatic carbocycles. The molecule has 2 N–H and O–H groups in total. The Hall–Kier alpha value is -1.55. The molecule has 1 aromatic heterocycles. The predicted molar refractivity (Wildman–Crippen MR) is 120 cm³/mol. The average molecular weight is 490 g/mol. The highest BCUT2D eigenvalue weighted by molar-refractivity contribution is 14.0. The van der Waals surface area contributed by atoms with E-state index in [0.29, 0.717) is 24.1 Å². The highest BCUT2D eigenvalue weighted by atomic mass is 127. The van der Waals surface area contributed by atoms with E-state index in [9.17, 15) is 0 Å². The molecule has 8 heteroatoms. The van der Waals surface area contributed by atoms with Crippen LogP contribution < -0.4 is 20.1 Å². The number of halogens is 1. The van der Waals surface area contributed by atoms with Crippen molar-refractivity contribution in [1.29, 1.82) is 0 Å². The van der Waals surface area contributed by atoms with E-state index in [1.165, 1.54) is 5.01 Å². The molecule has 0 bridgehead atoms. The minimum absolute atomic E-state index is 0. The van der Waals surface area contributed by atoms with Crippen LogP contribution in [0.4, 0.5) is 5.69 Å². The maximum absolute atomic E-state index is 5.60. The number of benzene rings is 1. The lowest BCUT2D eigenvalue weighted by molar-refractivity contribution is 0.311. The summed E-state index contributed by atoms with van der Waals surface area (Å²) in [4.78, 5) is 8.83. The lowest BCUT2D eigenvalue weighted by Crippen LogP contribution is -2.32. The normalized spacial score (nSPS) is 10.8. The zero-order valence-electron chi connectivity index (χ0n) is 15.7. The Kier molecular flexibility index (Phi) is 10.3. The Morgan fingerprint density at radius 2 is 2.08 bits per heavy atom. The number of aliphatic imine (C=N–C) groups is 1. The van der Waals surface area contributed by atoms with Gasteiger partial charge in [0.05, 0.1) is 24.4 Å². The lowest BCUT2D eigenvalue weighted by atomic mass is 10.2. The van der Waals surface area contributed by atoms with Crippen molar-refractivity contribution in [3.05, 3.63) is 34.3 Å². The predicted octanol–water partition coefficient (Wildman–Crippen LogP) is 3.96. The third kappa shape index (κ3) is 6.64. The summed E-state index contributed by atoms with van der Waals surface area (Å²) in [6.07, 6.45) is 1.85. The van der Waals surface area contributed by atoms with Crippen LogP contribution in [-0.2, 0) is 12.8 Å². The van der Waals surface area contributed by atoms with E-state index in [0.717, 1.165) is 30.8 Å². The molecule has 0 aliphatic rings. The van der Waals surface area contributed by atoms with Crippen LogP contribution in [-0.4, -0.2) is 38.3 Å². The van der Waals surface area contributed by atoms with Crippen molar-refractivity contribution in [2.75, 3.05) is 32.6 Å². The fourth-order valence-electron chi connectivity index (χ4n) is 2.27. The van der Waals surface area contributed by atoms with Crippen molar-refractivity contribution in [2.24, 2.45) is 4.99 Å². The topological polar surface area (TPSA) is 67.8 Å². The van der Waals surface area contributed by atoms with Gasteiger partial charge in [0.15, 0.2) is 17.5 Å². The minimum atomic E-state index is 0. The van der Waals surface area contributed by atoms with Gasteiger partial charge in [-0.05, 0) is 25.5 Å². The first kappa shape index (κ1) is 22.5. The molecular weight excluding hydrogens is 463 g/mol. The molecule has 0 radical (unpaired) electrons. The number of guanidine groups is 1. The van der Waals surface area contributed by atoms with Crippen LogP contribution in [0.2, 0.25) is 0 Å². The first-order chi connectivity index (χ1) is 12.2. The Morgan fingerprint density at radius 1 is 1.27 bits per heavy atom. The molecule has 0 aliphatic heterocycles. The summed E-state index contributed by atoms with van der Waals surface area (Å²) < 4.78 is 10.9. The quantitative estimate of drug-likeness (QED) is 0.333. The number of rotatable bonds is 8. The summed E-state index contributed by atoms with van der Waals surface area (Å²) in [5, 5.41) is 9.87. The van der Waals surface area contributed by atoms with Crippen molar-refractivity contribution in [3.63, 3.8) is 0 Å². The maximum atomic E-state index is 5.60. The highest BCUT2D eigenvalue weighted by Gasteiger charge is 2.07. The second-order valence-electron chi connectivity index (χ2n) is 5.26. The third-order valence-corrected chi connectivity index (χ3v) is 4.57. The smallest absolute Gasteiger partial charge is 0.195 e. The van der Waals surface area contributed by atoms with Crippen LogP contribution in [0.15, 0.2) is 28.6 Å². The van der Waals surface area contributed by atoms with Gasteiger partial charge in [0.2, 0.25) is 0 Å². The van der Waals surface area contributed by atoms with Crippen molar-refractivity contribution in [3.8, 4) is 11.5 Å². The summed E-state index contributed by atoms with van der Waals surface area (Å²) in [5.74, 6) is 2.13. The van der Waals surface area contributed by atoms with Gasteiger partial charge in [-0.3, -0.25) is 4.99 Å². The molecule has 0 unspecified atom stereocenters. The summed E-state index contributed by atoms with van der Waals surface area (Å²) in [6.45, 7) is 5.42. The summed E-state index contributed by atoms with van der Waals surface area (Å²) >= 11 is 1.72. The minimum Gasteiger partial charge on any atom is -0.493 e. The Labute approximate surface area is 176 Å². The largest absolute Gasteiger partial charge is 0.493 e. The van der Waals surface area contributed by atoms with Crippen molar-refractivity contribution >= 4 is 47.0 Å². The fourth-order valence-corrected chi connectivity index (χ4v) is 3.05. The number of aryl methyl sites for hydroxylation is 1. The zero-order chi connectivity index (χ0) is 18.1. The summed E-state index contributed by atoms with van der Waals surface area (Å²) in [7, 11) is 3.38. The van der Waals surface area contributed by atoms with E-state index in [4.69, 9.17) is 9.47 Å². The van der Waals surface area contributed by atoms with Gasteiger partial charge in [-0.2, -0.15) is 0 Å². The van der Waals surface area contributed by atoms with Gasteiger partial charge in [0.25, 0.3) is 0 Å². The molecule has 2 rings (SSSR count). The molecule has 144 valence electrons. The SMILES string of the molecule is CCOc1cc(NC(=NC)NCCc2csc(CC)n2)ccc1OC.I. The number of aromatic nitrogens is 1. The molecule has 0 atom stereocenters. The van der Waals surface area contributed by atoms with Gasteiger partial charge < -0.3 is 20.1 Å². The number of ether oxygens (including phenoxy) is 2. The van der Waals surface area contributed by atoms with Crippen LogP contribution in [0.5, 0.6) is 11.5 Å². The van der Waals surface area contributed by atoms with E-state index >= 15 is 0 Å². The lowest BCUT2D eigenvalue weighted by Gasteiger charge is -2.14. The van der Waals surface area contributed by atoms with Crippen LogP contribution in [0.1, 0.15) is 24.5 Å². The molecule has 2 aromatic rings. The maximum Gasteiger partial charge on any atom is 0.195 e. The van der Waals surface area contributed by atoms with Gasteiger partial charge in [-0.1, -0.05) is 6.92 Å². The summed E-state index contributed by atoms with van der Waals surface area (Å²) in [6, 6.07) is 5.72. The number of methoxy groups -OCH3 is 1. The van der Waals surface area contributed by atoms with E-state index < -0.39 is 0 Å². The molecule has 26 heavy (non-hydrogen) atoms. The van der Waals surface area contributed by atoms with Crippen LogP contribution in [0.25, 0.3) is 0 Å². The van der Waals surface area contributed by atoms with Crippen LogP contribution >= 0.6 is 35.3 Å². The van der Waals surface area contributed by atoms with E-state index in [-0.39, 0.29) is 24.0 Å². The van der Waals surface area contributed by atoms with Gasteiger partial charge >= 0.3 is 0 Å². The second kappa shape index (κ2) is 11.9. The fraction of sp³-hybridized carbons (Fsp3) is 0.444. The number of thiazole rings is 1. The van der Waals surface area contributed by atoms with Crippen LogP contribution in [0.3, 0.4) is 0 Å². The molecule has 0 saturated heterocycles. The van der Waals surface area contributed by atoms with Crippen LogP contribution in [0, 0.1) is 0 Å². The van der Waals surface area contributed by atoms with E-state index in [2.05, 4.69) is 32.9 Å². The van der Waals surface area contributed by atoms with E-state index in [1.54, 1.807) is 25.5 Å². The highest BCUT2D eigenvalue weighted by Crippen LogP contribution is 2.30. The van der Waals surface area contributed by atoms with Gasteiger partial charge in [-0.15, -0.1) is 35.3 Å². The standard InChI is InChI=1S/C18H26N4O2S.HI/c1-5-17-21-14(12-25-17)9-10-20-18(19-3)22-13-7-8-15(23-4)16(11-13)24-6-2;/h7-8,11-12H,5-6,9-10H2,1-4H3,(H2,19,20,22);1H. The second-order valence-corrected chi connectivity index (χ2v) is 6.20. The van der Waals surface area contributed by atoms with Gasteiger partial charge in [0, 0.05) is 37.1 Å².